The molecule has 5 aromatic rings. The molecular formula is C28H24N6O3S. The Kier molecular flexibility index (Phi) is 7.32. The van der Waals surface area contributed by atoms with Gasteiger partial charge in [-0.2, -0.15) is 10.2 Å². The number of rotatable bonds is 8. The van der Waals surface area contributed by atoms with Crippen molar-refractivity contribution < 1.29 is 14.7 Å². The Morgan fingerprint density at radius 2 is 1.68 bits per heavy atom. The third-order valence-corrected chi connectivity index (χ3v) is 7.13. The zero-order valence-electron chi connectivity index (χ0n) is 20.5. The number of carbonyl (C=O) groups excluding carboxylic acids is 1. The minimum atomic E-state index is -1.04. The molecule has 1 amide bonds. The van der Waals surface area contributed by atoms with E-state index in [2.05, 4.69) is 25.6 Å². The van der Waals surface area contributed by atoms with Crippen LogP contribution in [0.2, 0.25) is 0 Å². The van der Waals surface area contributed by atoms with Crippen LogP contribution in [-0.4, -0.2) is 42.2 Å². The highest BCUT2D eigenvalue weighted by Crippen LogP contribution is 2.30. The molecule has 0 aliphatic rings. The lowest BCUT2D eigenvalue weighted by Crippen LogP contribution is -2.22. The van der Waals surface area contributed by atoms with Gasteiger partial charge in [0.05, 0.1) is 6.54 Å². The van der Waals surface area contributed by atoms with E-state index in [9.17, 15) is 14.7 Å². The van der Waals surface area contributed by atoms with Crippen LogP contribution in [0.1, 0.15) is 44.6 Å². The van der Waals surface area contributed by atoms with Crippen molar-refractivity contribution >= 4 is 23.2 Å². The quantitative estimate of drug-likeness (QED) is 0.299. The lowest BCUT2D eigenvalue weighted by Gasteiger charge is -2.10. The van der Waals surface area contributed by atoms with Crippen LogP contribution < -0.4 is 4.80 Å². The summed E-state index contributed by atoms with van der Waals surface area (Å²) < 4.78 is 1.63. The van der Waals surface area contributed by atoms with Gasteiger partial charge in [-0.05, 0) is 40.5 Å². The summed E-state index contributed by atoms with van der Waals surface area (Å²) in [6.45, 7) is 2.25. The van der Waals surface area contributed by atoms with Crippen LogP contribution >= 0.6 is 11.3 Å². The summed E-state index contributed by atoms with van der Waals surface area (Å²) in [5.74, 6) is -0.944. The molecule has 0 saturated heterocycles. The maximum Gasteiger partial charge on any atom is 0.353 e. The van der Waals surface area contributed by atoms with Crippen molar-refractivity contribution in [2.75, 3.05) is 0 Å². The lowest BCUT2D eigenvalue weighted by molar-refractivity contribution is 0.0683. The smallest absolute Gasteiger partial charge is 0.353 e. The van der Waals surface area contributed by atoms with Crippen LogP contribution in [0, 0.1) is 0 Å². The van der Waals surface area contributed by atoms with Crippen LogP contribution in [0.25, 0.3) is 22.5 Å². The Morgan fingerprint density at radius 3 is 2.34 bits per heavy atom. The van der Waals surface area contributed by atoms with Crippen LogP contribution in [0.5, 0.6) is 0 Å². The number of H-pyrrole nitrogens is 1. The van der Waals surface area contributed by atoms with Crippen molar-refractivity contribution in [3.8, 4) is 22.5 Å². The summed E-state index contributed by atoms with van der Waals surface area (Å²) in [5.41, 5.74) is 4.25. The molecule has 10 heteroatoms. The molecule has 0 aliphatic carbocycles. The standard InChI is InChI=1S/C28H24N6O3S/c1-2-8-23-24(27(36)37)34(28(38-23)29-26(35)20-9-4-3-5-10-20)17-18-13-15-19(16-14-18)21-11-6-7-12-22(21)25-30-32-33-31-25/h3-7,9-16H,2,8,17H2,1H3,(H,36,37)(H,30,31,32,33). The first kappa shape index (κ1) is 25.0. The number of thiazole rings is 1. The first-order valence-corrected chi connectivity index (χ1v) is 12.9. The van der Waals surface area contributed by atoms with Crippen LogP contribution in [0.15, 0.2) is 83.9 Å². The Bertz CT molecular complexity index is 1640. The van der Waals surface area contributed by atoms with Gasteiger partial charge in [-0.25, -0.2) is 4.79 Å². The lowest BCUT2D eigenvalue weighted by atomic mass is 9.98. The van der Waals surface area contributed by atoms with Gasteiger partial charge in [0.1, 0.15) is 5.69 Å². The van der Waals surface area contributed by atoms with Gasteiger partial charge in [-0.15, -0.1) is 21.5 Å². The van der Waals surface area contributed by atoms with Gasteiger partial charge in [0.2, 0.25) is 5.82 Å². The van der Waals surface area contributed by atoms with Crippen molar-refractivity contribution in [2.45, 2.75) is 26.3 Å². The Hall–Kier alpha value is -4.70. The fourth-order valence-corrected chi connectivity index (χ4v) is 5.45. The molecule has 0 atom stereocenters. The molecule has 0 spiro atoms. The zero-order valence-corrected chi connectivity index (χ0v) is 21.4. The van der Waals surface area contributed by atoms with Gasteiger partial charge in [0.25, 0.3) is 5.91 Å². The van der Waals surface area contributed by atoms with Crippen molar-refractivity contribution in [1.29, 1.82) is 0 Å². The van der Waals surface area contributed by atoms with E-state index in [1.807, 2.05) is 61.5 Å². The number of aryl methyl sites for hydroxylation is 1. The van der Waals surface area contributed by atoms with Gasteiger partial charge in [0, 0.05) is 16.0 Å². The normalized spacial score (nSPS) is 11.6. The highest BCUT2D eigenvalue weighted by Gasteiger charge is 2.21. The first-order chi connectivity index (χ1) is 18.5. The zero-order chi connectivity index (χ0) is 26.5. The van der Waals surface area contributed by atoms with E-state index in [0.29, 0.717) is 27.5 Å². The summed E-state index contributed by atoms with van der Waals surface area (Å²) >= 11 is 1.25. The number of aromatic amines is 1. The fourth-order valence-electron chi connectivity index (χ4n) is 4.23. The second-order valence-corrected chi connectivity index (χ2v) is 9.62. The molecule has 0 radical (unpaired) electrons. The minimum Gasteiger partial charge on any atom is -0.477 e. The van der Waals surface area contributed by atoms with E-state index >= 15 is 0 Å². The molecule has 0 bridgehead atoms. The third kappa shape index (κ3) is 5.21. The highest BCUT2D eigenvalue weighted by atomic mass is 32.1. The number of carbonyl (C=O) groups is 2. The summed E-state index contributed by atoms with van der Waals surface area (Å²) in [4.78, 5) is 30.6. The molecule has 9 nitrogen and oxygen atoms in total. The van der Waals surface area contributed by atoms with Crippen LogP contribution in [0.4, 0.5) is 0 Å². The molecule has 2 heterocycles. The highest BCUT2D eigenvalue weighted by molar-refractivity contribution is 7.09. The number of carboxylic acids is 1. The number of aromatic nitrogens is 5. The maximum atomic E-state index is 12.9. The summed E-state index contributed by atoms with van der Waals surface area (Å²) in [6.07, 6.45) is 1.37. The molecule has 0 fully saturated rings. The number of hydrogen-bond acceptors (Lipinski definition) is 6. The number of tetrazole rings is 1. The third-order valence-electron chi connectivity index (χ3n) is 6.00. The minimum absolute atomic E-state index is 0.169. The van der Waals surface area contributed by atoms with Gasteiger partial charge >= 0.3 is 5.97 Å². The van der Waals surface area contributed by atoms with E-state index in [4.69, 9.17) is 0 Å². The topological polar surface area (TPSA) is 126 Å². The van der Waals surface area contributed by atoms with Gasteiger partial charge in [-0.3, -0.25) is 4.79 Å². The Labute approximate surface area is 222 Å². The van der Waals surface area contributed by atoms with Crippen LogP contribution in [0.3, 0.4) is 0 Å². The number of hydrogen-bond donors (Lipinski definition) is 2. The van der Waals surface area contributed by atoms with Crippen LogP contribution in [-0.2, 0) is 13.0 Å². The SMILES string of the molecule is CCCc1sc(=NC(=O)c2ccccc2)n(Cc2ccc(-c3ccccc3-c3nn[nH]n3)cc2)c1C(=O)O. The Balaban J connectivity index is 1.53. The van der Waals surface area contributed by atoms with Crippen molar-refractivity contribution in [3.05, 3.63) is 105 Å². The number of aromatic carboxylic acids is 1. The second kappa shape index (κ2) is 11.1. The van der Waals surface area contributed by atoms with Crippen molar-refractivity contribution in [3.63, 3.8) is 0 Å². The number of nitrogens with zero attached hydrogens (tertiary/aromatic N) is 5. The number of benzene rings is 3. The predicted octanol–water partition coefficient (Wildman–Crippen LogP) is 4.84. The van der Waals surface area contributed by atoms with Crippen molar-refractivity contribution in [1.82, 2.24) is 25.2 Å². The number of carboxylic acid groups (broad SMARTS) is 1. The van der Waals surface area contributed by atoms with Crippen molar-refractivity contribution in [2.24, 2.45) is 4.99 Å². The van der Waals surface area contributed by atoms with E-state index in [1.165, 1.54) is 11.3 Å². The molecule has 0 unspecified atom stereocenters. The molecular weight excluding hydrogens is 500 g/mol. The van der Waals surface area contributed by atoms with E-state index in [0.717, 1.165) is 28.7 Å². The van der Waals surface area contributed by atoms with Gasteiger partial charge in [0.15, 0.2) is 4.80 Å². The predicted molar refractivity (Wildman–Crippen MR) is 144 cm³/mol. The molecule has 5 rings (SSSR count). The molecule has 3 aromatic carbocycles. The molecule has 2 aromatic heterocycles. The summed E-state index contributed by atoms with van der Waals surface area (Å²) in [6, 6.07) is 24.4. The number of nitrogens with one attached hydrogen (secondary N) is 1. The summed E-state index contributed by atoms with van der Waals surface area (Å²) in [5, 5.41) is 24.4. The molecule has 0 saturated carbocycles. The van der Waals surface area contributed by atoms with E-state index in [-0.39, 0.29) is 12.2 Å². The first-order valence-electron chi connectivity index (χ1n) is 12.1. The molecule has 2 N–H and O–H groups in total. The maximum absolute atomic E-state index is 12.9. The average molecular weight is 525 g/mol. The van der Waals surface area contributed by atoms with E-state index in [1.54, 1.807) is 28.8 Å². The Morgan fingerprint density at radius 1 is 0.974 bits per heavy atom. The average Bonchev–Trinajstić information content (AvgIpc) is 3.59. The van der Waals surface area contributed by atoms with Gasteiger partial charge in [-0.1, -0.05) is 80.1 Å². The fraction of sp³-hybridized carbons (Fsp3) is 0.143. The van der Waals surface area contributed by atoms with Gasteiger partial charge < -0.3 is 9.67 Å². The monoisotopic (exact) mass is 524 g/mol. The second-order valence-electron chi connectivity index (χ2n) is 8.56. The summed E-state index contributed by atoms with van der Waals surface area (Å²) in [7, 11) is 0. The largest absolute Gasteiger partial charge is 0.477 e. The molecule has 0 aliphatic heterocycles. The number of amides is 1. The molecule has 38 heavy (non-hydrogen) atoms. The van der Waals surface area contributed by atoms with E-state index < -0.39 is 11.9 Å². The molecule has 190 valence electrons.